The highest BCUT2D eigenvalue weighted by molar-refractivity contribution is 7.09. The molecule has 0 saturated heterocycles. The molecule has 0 aliphatic rings. The molecular formula is C14H14N2OS. The molecule has 0 unspecified atom stereocenters. The summed E-state index contributed by atoms with van der Waals surface area (Å²) in [7, 11) is 0. The SMILES string of the molecule is N#C[C@H](c1ccccc1)[C@@H](CCO)c1cncs1. The van der Waals surface area contributed by atoms with E-state index >= 15 is 0 Å². The average molecular weight is 258 g/mol. The predicted octanol–water partition coefficient (Wildman–Crippen LogP) is 2.92. The summed E-state index contributed by atoms with van der Waals surface area (Å²) in [5.74, 6) is -0.228. The Bertz CT molecular complexity index is 504. The Balaban J connectivity index is 2.32. The lowest BCUT2D eigenvalue weighted by atomic mass is 9.84. The molecule has 4 heteroatoms. The van der Waals surface area contributed by atoms with Crippen molar-refractivity contribution in [2.45, 2.75) is 18.3 Å². The molecule has 0 bridgehead atoms. The largest absolute Gasteiger partial charge is 0.396 e. The van der Waals surface area contributed by atoms with Crippen LogP contribution >= 0.6 is 11.3 Å². The first-order valence-electron chi connectivity index (χ1n) is 5.80. The Kier molecular flexibility index (Phi) is 4.46. The molecule has 0 aliphatic carbocycles. The second kappa shape index (κ2) is 6.29. The second-order valence-corrected chi connectivity index (χ2v) is 4.96. The number of hydrogen-bond acceptors (Lipinski definition) is 4. The van der Waals surface area contributed by atoms with Crippen molar-refractivity contribution in [1.82, 2.24) is 4.98 Å². The minimum Gasteiger partial charge on any atom is -0.396 e. The molecule has 3 nitrogen and oxygen atoms in total. The van der Waals surface area contributed by atoms with Gasteiger partial charge in [-0.2, -0.15) is 5.26 Å². The van der Waals surface area contributed by atoms with Crippen molar-refractivity contribution < 1.29 is 5.11 Å². The normalized spacial score (nSPS) is 13.8. The Morgan fingerprint density at radius 3 is 2.67 bits per heavy atom. The summed E-state index contributed by atoms with van der Waals surface area (Å²) in [4.78, 5) is 5.12. The lowest BCUT2D eigenvalue weighted by Crippen LogP contribution is -2.10. The van der Waals surface area contributed by atoms with E-state index in [1.165, 1.54) is 11.3 Å². The fraction of sp³-hybridized carbons (Fsp3) is 0.286. The molecule has 0 fully saturated rings. The maximum atomic E-state index is 9.43. The maximum Gasteiger partial charge on any atom is 0.0794 e. The van der Waals surface area contributed by atoms with E-state index in [2.05, 4.69) is 11.1 Å². The van der Waals surface area contributed by atoms with Gasteiger partial charge in [-0.25, -0.2) is 0 Å². The van der Waals surface area contributed by atoms with Crippen molar-refractivity contribution >= 4 is 11.3 Å². The number of aliphatic hydroxyl groups is 1. The van der Waals surface area contributed by atoms with Gasteiger partial charge in [-0.1, -0.05) is 30.3 Å². The van der Waals surface area contributed by atoms with Gasteiger partial charge in [0.1, 0.15) is 0 Å². The molecule has 1 aromatic heterocycles. The lowest BCUT2D eigenvalue weighted by molar-refractivity contribution is 0.273. The smallest absolute Gasteiger partial charge is 0.0794 e. The van der Waals surface area contributed by atoms with Crippen molar-refractivity contribution in [2.24, 2.45) is 0 Å². The fourth-order valence-electron chi connectivity index (χ4n) is 2.08. The summed E-state index contributed by atoms with van der Waals surface area (Å²) >= 11 is 1.54. The van der Waals surface area contributed by atoms with Crippen molar-refractivity contribution in [3.05, 3.63) is 52.5 Å². The molecule has 2 aromatic rings. The summed E-state index contributed by atoms with van der Waals surface area (Å²) in [6.45, 7) is 0.0770. The number of benzene rings is 1. The minimum atomic E-state index is -0.237. The van der Waals surface area contributed by atoms with Crippen LogP contribution in [0.15, 0.2) is 42.0 Å². The molecule has 0 amide bonds. The molecule has 92 valence electrons. The number of thiazole rings is 1. The molecule has 1 heterocycles. The van der Waals surface area contributed by atoms with Gasteiger partial charge in [-0.05, 0) is 12.0 Å². The highest BCUT2D eigenvalue weighted by Gasteiger charge is 2.25. The molecule has 2 rings (SSSR count). The van der Waals surface area contributed by atoms with E-state index in [1.807, 2.05) is 30.3 Å². The number of nitriles is 1. The lowest BCUT2D eigenvalue weighted by Gasteiger charge is -2.20. The predicted molar refractivity (Wildman–Crippen MR) is 71.4 cm³/mol. The summed E-state index contributed by atoms with van der Waals surface area (Å²) in [6.07, 6.45) is 2.37. The molecular weight excluding hydrogens is 244 g/mol. The zero-order valence-electron chi connectivity index (χ0n) is 9.86. The zero-order chi connectivity index (χ0) is 12.8. The first kappa shape index (κ1) is 12.7. The van der Waals surface area contributed by atoms with Crippen LogP contribution in [0.4, 0.5) is 0 Å². The van der Waals surface area contributed by atoms with E-state index < -0.39 is 0 Å². The third-order valence-electron chi connectivity index (χ3n) is 2.96. The quantitative estimate of drug-likeness (QED) is 0.897. The number of rotatable bonds is 5. The number of aromatic nitrogens is 1. The number of nitrogens with zero attached hydrogens (tertiary/aromatic N) is 2. The van der Waals surface area contributed by atoms with E-state index in [9.17, 15) is 10.4 Å². The second-order valence-electron chi connectivity index (χ2n) is 4.04. The summed E-state index contributed by atoms with van der Waals surface area (Å²) in [5, 5.41) is 18.6. The zero-order valence-corrected chi connectivity index (χ0v) is 10.7. The van der Waals surface area contributed by atoms with Crippen LogP contribution in [0, 0.1) is 11.3 Å². The topological polar surface area (TPSA) is 56.9 Å². The van der Waals surface area contributed by atoms with Gasteiger partial charge < -0.3 is 5.11 Å². The maximum absolute atomic E-state index is 9.43. The number of hydrogen-bond donors (Lipinski definition) is 1. The van der Waals surface area contributed by atoms with Gasteiger partial charge in [-0.15, -0.1) is 11.3 Å². The monoisotopic (exact) mass is 258 g/mol. The molecule has 0 aliphatic heterocycles. The standard InChI is InChI=1S/C14H14N2OS/c15-8-13(11-4-2-1-3-5-11)12(6-7-17)14-9-16-10-18-14/h1-5,9-10,12-13,17H,6-7H2/t12-,13-/m1/s1. The minimum absolute atomic E-state index is 0.00917. The van der Waals surface area contributed by atoms with Crippen LogP contribution in [0.25, 0.3) is 0 Å². The third-order valence-corrected chi connectivity index (χ3v) is 3.86. The van der Waals surface area contributed by atoms with Crippen LogP contribution in [-0.4, -0.2) is 16.7 Å². The van der Waals surface area contributed by atoms with Crippen LogP contribution in [0.2, 0.25) is 0 Å². The van der Waals surface area contributed by atoms with Crippen LogP contribution < -0.4 is 0 Å². The van der Waals surface area contributed by atoms with Crippen LogP contribution in [-0.2, 0) is 0 Å². The summed E-state index contributed by atoms with van der Waals surface area (Å²) < 4.78 is 0. The van der Waals surface area contributed by atoms with Crippen LogP contribution in [0.1, 0.15) is 28.7 Å². The van der Waals surface area contributed by atoms with E-state index in [0.717, 1.165) is 10.4 Å². The van der Waals surface area contributed by atoms with Gasteiger partial charge in [0.25, 0.3) is 0 Å². The Morgan fingerprint density at radius 2 is 2.11 bits per heavy atom. The first-order valence-corrected chi connectivity index (χ1v) is 6.68. The van der Waals surface area contributed by atoms with Crippen molar-refractivity contribution in [3.8, 4) is 6.07 Å². The molecule has 2 atom stereocenters. The van der Waals surface area contributed by atoms with Crippen molar-refractivity contribution in [2.75, 3.05) is 6.61 Å². The van der Waals surface area contributed by atoms with Crippen molar-refractivity contribution in [3.63, 3.8) is 0 Å². The van der Waals surface area contributed by atoms with E-state index in [4.69, 9.17) is 0 Å². The molecule has 1 aromatic carbocycles. The first-order chi connectivity index (χ1) is 8.86. The molecule has 0 saturated carbocycles. The molecule has 0 spiro atoms. The van der Waals surface area contributed by atoms with Gasteiger partial charge >= 0.3 is 0 Å². The van der Waals surface area contributed by atoms with E-state index in [-0.39, 0.29) is 18.4 Å². The summed E-state index contributed by atoms with van der Waals surface area (Å²) in [5.41, 5.74) is 2.76. The van der Waals surface area contributed by atoms with E-state index in [0.29, 0.717) is 6.42 Å². The third kappa shape index (κ3) is 2.76. The summed E-state index contributed by atoms with van der Waals surface area (Å²) in [6, 6.07) is 12.1. The van der Waals surface area contributed by atoms with E-state index in [1.54, 1.807) is 11.7 Å². The highest BCUT2D eigenvalue weighted by atomic mass is 32.1. The molecule has 18 heavy (non-hydrogen) atoms. The molecule has 0 radical (unpaired) electrons. The fourth-order valence-corrected chi connectivity index (χ4v) is 2.87. The Labute approximate surface area is 110 Å². The Morgan fingerprint density at radius 1 is 1.33 bits per heavy atom. The highest BCUT2D eigenvalue weighted by Crippen LogP contribution is 2.36. The van der Waals surface area contributed by atoms with Gasteiger partial charge in [0.15, 0.2) is 0 Å². The van der Waals surface area contributed by atoms with Gasteiger partial charge in [0.2, 0.25) is 0 Å². The van der Waals surface area contributed by atoms with Crippen LogP contribution in [0.3, 0.4) is 0 Å². The van der Waals surface area contributed by atoms with Gasteiger partial charge in [-0.3, -0.25) is 4.98 Å². The molecule has 1 N–H and O–H groups in total. The number of aliphatic hydroxyl groups excluding tert-OH is 1. The van der Waals surface area contributed by atoms with Crippen molar-refractivity contribution in [1.29, 1.82) is 5.26 Å². The Hall–Kier alpha value is -1.70. The average Bonchev–Trinajstić information content (AvgIpc) is 2.93. The van der Waals surface area contributed by atoms with Gasteiger partial charge in [0.05, 0.1) is 17.5 Å². The van der Waals surface area contributed by atoms with Gasteiger partial charge in [0, 0.05) is 23.6 Å². The van der Waals surface area contributed by atoms with Crippen LogP contribution in [0.5, 0.6) is 0 Å².